The van der Waals surface area contributed by atoms with Crippen molar-refractivity contribution in [1.29, 1.82) is 0 Å². The van der Waals surface area contributed by atoms with Gasteiger partial charge in [0.1, 0.15) is 6.33 Å². The molecule has 0 aliphatic heterocycles. The summed E-state index contributed by atoms with van der Waals surface area (Å²) in [7, 11) is 0. The van der Waals surface area contributed by atoms with Gasteiger partial charge in [-0.05, 0) is 26.7 Å². The molecule has 0 saturated heterocycles. The van der Waals surface area contributed by atoms with Gasteiger partial charge in [-0.1, -0.05) is 13.8 Å². The van der Waals surface area contributed by atoms with E-state index in [1.165, 1.54) is 6.33 Å². The number of ether oxygens (including phenoxy) is 1. The first-order valence-electron chi connectivity index (χ1n) is 6.11. The van der Waals surface area contributed by atoms with Gasteiger partial charge in [-0.15, -0.1) is 0 Å². The minimum Gasteiger partial charge on any atom is -0.478 e. The summed E-state index contributed by atoms with van der Waals surface area (Å²) < 4.78 is 5.45. The van der Waals surface area contributed by atoms with Gasteiger partial charge in [0.25, 0.3) is 0 Å². The van der Waals surface area contributed by atoms with Crippen molar-refractivity contribution in [1.82, 2.24) is 9.97 Å². The molecule has 2 unspecified atom stereocenters. The van der Waals surface area contributed by atoms with Crippen LogP contribution in [0.25, 0.3) is 0 Å². The quantitative estimate of drug-likeness (QED) is 0.855. The van der Waals surface area contributed by atoms with Crippen molar-refractivity contribution in [3.05, 3.63) is 17.6 Å². The lowest BCUT2D eigenvalue weighted by Gasteiger charge is -2.25. The smallest absolute Gasteiger partial charge is 0.219 e. The van der Waals surface area contributed by atoms with Gasteiger partial charge in [0.2, 0.25) is 5.88 Å². The van der Waals surface area contributed by atoms with Crippen molar-refractivity contribution in [2.45, 2.75) is 46.6 Å². The maximum Gasteiger partial charge on any atom is 0.219 e. The molecule has 1 rings (SSSR count). The average Bonchev–Trinajstić information content (AvgIpc) is 2.23. The zero-order valence-corrected chi connectivity index (χ0v) is 11.3. The Kier molecular flexibility index (Phi) is 4.87. The Morgan fingerprint density at radius 3 is 2.41 bits per heavy atom. The van der Waals surface area contributed by atoms with Crippen LogP contribution in [0.4, 0.5) is 0 Å². The van der Waals surface area contributed by atoms with Gasteiger partial charge in [-0.3, -0.25) is 0 Å². The highest BCUT2D eigenvalue weighted by atomic mass is 16.5. The van der Waals surface area contributed by atoms with E-state index < -0.39 is 6.10 Å². The molecular formula is C13H22N2O2. The van der Waals surface area contributed by atoms with E-state index >= 15 is 0 Å². The van der Waals surface area contributed by atoms with E-state index in [4.69, 9.17) is 4.74 Å². The second-order valence-electron chi connectivity index (χ2n) is 4.63. The van der Waals surface area contributed by atoms with E-state index in [1.807, 2.05) is 13.8 Å². The lowest BCUT2D eigenvalue weighted by atomic mass is 9.86. The van der Waals surface area contributed by atoms with Crippen LogP contribution in [0.15, 0.2) is 6.33 Å². The predicted octanol–water partition coefficient (Wildman–Crippen LogP) is 2.30. The Morgan fingerprint density at radius 2 is 1.94 bits per heavy atom. The molecule has 0 radical (unpaired) electrons. The first kappa shape index (κ1) is 13.9. The van der Waals surface area contributed by atoms with E-state index in [0.717, 1.165) is 11.3 Å². The van der Waals surface area contributed by atoms with Crippen LogP contribution in [0, 0.1) is 12.8 Å². The molecule has 0 saturated carbocycles. The van der Waals surface area contributed by atoms with Crippen molar-refractivity contribution in [3.63, 3.8) is 0 Å². The molecule has 0 bridgehead atoms. The van der Waals surface area contributed by atoms with Crippen LogP contribution in [-0.2, 0) is 0 Å². The highest BCUT2D eigenvalue weighted by molar-refractivity contribution is 5.31. The molecule has 2 atom stereocenters. The standard InChI is InChI=1S/C13H22N2O2/c1-6-17-13-9(4)12(14-7-15-13)11(8(2)3)10(5)16/h7-8,10-11,16H,6H2,1-5H3. The van der Waals surface area contributed by atoms with Gasteiger partial charge >= 0.3 is 0 Å². The monoisotopic (exact) mass is 238 g/mol. The maximum atomic E-state index is 9.88. The van der Waals surface area contributed by atoms with Gasteiger partial charge in [0.05, 0.1) is 18.4 Å². The van der Waals surface area contributed by atoms with E-state index in [2.05, 4.69) is 23.8 Å². The predicted molar refractivity (Wildman–Crippen MR) is 67.2 cm³/mol. The third-order valence-corrected chi connectivity index (χ3v) is 2.91. The third kappa shape index (κ3) is 3.16. The fourth-order valence-corrected chi connectivity index (χ4v) is 2.17. The molecule has 96 valence electrons. The van der Waals surface area contributed by atoms with Gasteiger partial charge in [0, 0.05) is 11.5 Å². The van der Waals surface area contributed by atoms with Crippen molar-refractivity contribution in [2.75, 3.05) is 6.61 Å². The van der Waals surface area contributed by atoms with Gasteiger partial charge in [-0.25, -0.2) is 9.97 Å². The molecule has 0 amide bonds. The molecule has 0 spiro atoms. The Morgan fingerprint density at radius 1 is 1.29 bits per heavy atom. The summed E-state index contributed by atoms with van der Waals surface area (Å²) in [5.74, 6) is 0.944. The van der Waals surface area contributed by atoms with Crippen molar-refractivity contribution in [3.8, 4) is 5.88 Å². The molecule has 1 aromatic heterocycles. The van der Waals surface area contributed by atoms with E-state index in [9.17, 15) is 5.11 Å². The second kappa shape index (κ2) is 5.96. The first-order valence-corrected chi connectivity index (χ1v) is 6.11. The summed E-state index contributed by atoms with van der Waals surface area (Å²) in [6.07, 6.45) is 1.07. The summed E-state index contributed by atoms with van der Waals surface area (Å²) >= 11 is 0. The Labute approximate surface area is 103 Å². The zero-order valence-electron chi connectivity index (χ0n) is 11.3. The minimum atomic E-state index is -0.432. The minimum absolute atomic E-state index is 0.0113. The molecule has 0 fully saturated rings. The highest BCUT2D eigenvalue weighted by Gasteiger charge is 2.25. The van der Waals surface area contributed by atoms with Crippen molar-refractivity contribution < 1.29 is 9.84 Å². The average molecular weight is 238 g/mol. The summed E-state index contributed by atoms with van der Waals surface area (Å²) in [6.45, 7) is 10.4. The third-order valence-electron chi connectivity index (χ3n) is 2.91. The summed E-state index contributed by atoms with van der Waals surface area (Å²) in [5.41, 5.74) is 1.81. The number of hydrogen-bond acceptors (Lipinski definition) is 4. The number of aliphatic hydroxyl groups excluding tert-OH is 1. The molecule has 0 aliphatic carbocycles. The van der Waals surface area contributed by atoms with Crippen LogP contribution in [0.3, 0.4) is 0 Å². The van der Waals surface area contributed by atoms with Crippen LogP contribution >= 0.6 is 0 Å². The molecule has 0 aromatic carbocycles. The van der Waals surface area contributed by atoms with Crippen LogP contribution in [0.2, 0.25) is 0 Å². The Bertz CT molecular complexity index is 356. The fraction of sp³-hybridized carbons (Fsp3) is 0.692. The molecule has 4 heteroatoms. The molecule has 4 nitrogen and oxygen atoms in total. The van der Waals surface area contributed by atoms with Crippen LogP contribution in [0.1, 0.15) is 44.9 Å². The molecular weight excluding hydrogens is 216 g/mol. The maximum absolute atomic E-state index is 9.88. The second-order valence-corrected chi connectivity index (χ2v) is 4.63. The number of aromatic nitrogens is 2. The van der Waals surface area contributed by atoms with Gasteiger partial charge in [-0.2, -0.15) is 0 Å². The molecule has 1 N–H and O–H groups in total. The molecule has 1 aromatic rings. The lowest BCUT2D eigenvalue weighted by Crippen LogP contribution is -2.22. The van der Waals surface area contributed by atoms with Gasteiger partial charge < -0.3 is 9.84 Å². The van der Waals surface area contributed by atoms with Crippen LogP contribution in [0.5, 0.6) is 5.88 Å². The fourth-order valence-electron chi connectivity index (χ4n) is 2.17. The number of nitrogens with zero attached hydrogens (tertiary/aromatic N) is 2. The normalized spacial score (nSPS) is 14.8. The van der Waals surface area contributed by atoms with Crippen molar-refractivity contribution >= 4 is 0 Å². The topological polar surface area (TPSA) is 55.2 Å². The lowest BCUT2D eigenvalue weighted by molar-refractivity contribution is 0.137. The summed E-state index contributed by atoms with van der Waals surface area (Å²) in [5, 5.41) is 9.88. The van der Waals surface area contributed by atoms with Crippen LogP contribution < -0.4 is 4.74 Å². The SMILES string of the molecule is CCOc1ncnc(C(C(C)C)C(C)O)c1C. The number of aliphatic hydroxyl groups is 1. The van der Waals surface area contributed by atoms with Crippen LogP contribution in [-0.4, -0.2) is 27.8 Å². The summed E-state index contributed by atoms with van der Waals surface area (Å²) in [4.78, 5) is 8.43. The number of hydrogen-bond donors (Lipinski definition) is 1. The van der Waals surface area contributed by atoms with E-state index in [0.29, 0.717) is 18.4 Å². The zero-order chi connectivity index (χ0) is 13.0. The van der Waals surface area contributed by atoms with E-state index in [-0.39, 0.29) is 5.92 Å². The van der Waals surface area contributed by atoms with Crippen molar-refractivity contribution in [2.24, 2.45) is 5.92 Å². The Balaban J connectivity index is 3.15. The largest absolute Gasteiger partial charge is 0.478 e. The van der Waals surface area contributed by atoms with Gasteiger partial charge in [0.15, 0.2) is 0 Å². The van der Waals surface area contributed by atoms with E-state index in [1.54, 1.807) is 6.92 Å². The first-order chi connectivity index (χ1) is 7.99. The molecule has 1 heterocycles. The molecule has 17 heavy (non-hydrogen) atoms. The molecule has 0 aliphatic rings. The Hall–Kier alpha value is -1.16. The highest BCUT2D eigenvalue weighted by Crippen LogP contribution is 2.31. The number of rotatable bonds is 5. The summed E-state index contributed by atoms with van der Waals surface area (Å²) in [6, 6.07) is 0.